The molecule has 0 radical (unpaired) electrons. The Balaban J connectivity index is 2.42. The zero-order chi connectivity index (χ0) is 25.6. The highest BCUT2D eigenvalue weighted by molar-refractivity contribution is 7.92. The quantitative estimate of drug-likeness (QED) is 0.554. The lowest BCUT2D eigenvalue weighted by Gasteiger charge is -2.32. The molecular formula is C26H37N3O4S. The van der Waals surface area contributed by atoms with E-state index in [0.29, 0.717) is 5.69 Å². The molecule has 0 aliphatic carbocycles. The Hall–Kier alpha value is -2.87. The minimum atomic E-state index is -3.74. The van der Waals surface area contributed by atoms with Crippen LogP contribution in [0.15, 0.2) is 42.5 Å². The lowest BCUT2D eigenvalue weighted by molar-refractivity contribution is -0.139. The van der Waals surface area contributed by atoms with Crippen molar-refractivity contribution in [1.82, 2.24) is 10.2 Å². The van der Waals surface area contributed by atoms with Crippen LogP contribution in [-0.4, -0.2) is 50.0 Å². The molecule has 0 aliphatic rings. The summed E-state index contributed by atoms with van der Waals surface area (Å²) in [4.78, 5) is 27.9. The maximum absolute atomic E-state index is 13.6. The molecule has 186 valence electrons. The molecular weight excluding hydrogens is 450 g/mol. The summed E-state index contributed by atoms with van der Waals surface area (Å²) in [6.45, 7) is 11.1. The smallest absolute Gasteiger partial charge is 0.244 e. The second kappa shape index (κ2) is 11.5. The van der Waals surface area contributed by atoms with E-state index in [0.717, 1.165) is 39.2 Å². The van der Waals surface area contributed by atoms with E-state index in [2.05, 4.69) is 5.32 Å². The first-order valence-electron chi connectivity index (χ1n) is 11.5. The minimum Gasteiger partial charge on any atom is -0.352 e. The van der Waals surface area contributed by atoms with Gasteiger partial charge < -0.3 is 10.2 Å². The first-order chi connectivity index (χ1) is 15.8. The second-order valence-electron chi connectivity index (χ2n) is 9.12. The summed E-state index contributed by atoms with van der Waals surface area (Å²) < 4.78 is 26.5. The Morgan fingerprint density at radius 2 is 1.59 bits per heavy atom. The van der Waals surface area contributed by atoms with Gasteiger partial charge in [0.2, 0.25) is 21.8 Å². The molecule has 0 saturated carbocycles. The molecule has 7 nitrogen and oxygen atoms in total. The number of anilines is 1. The second-order valence-corrected chi connectivity index (χ2v) is 11.0. The monoisotopic (exact) mass is 487 g/mol. The van der Waals surface area contributed by atoms with Gasteiger partial charge in [0.05, 0.1) is 11.9 Å². The van der Waals surface area contributed by atoms with Gasteiger partial charge in [-0.25, -0.2) is 8.42 Å². The molecule has 0 aromatic heterocycles. The molecule has 0 spiro atoms. The standard InChI is InChI=1S/C26H37N3O4S/c1-8-21(5)27-26(31)22(6)28(16-23-11-9-10-18(2)13-23)25(30)17-29(34(7,32)33)24-14-19(3)12-20(4)15-24/h9-15,21-22H,8,16-17H2,1-7H3,(H,27,31)/t21-,22+/m0/s1. The van der Waals surface area contributed by atoms with Crippen molar-refractivity contribution in [2.24, 2.45) is 0 Å². The number of nitrogens with one attached hydrogen (secondary N) is 1. The number of hydrogen-bond acceptors (Lipinski definition) is 4. The minimum absolute atomic E-state index is 0.0336. The van der Waals surface area contributed by atoms with Gasteiger partial charge in [0.25, 0.3) is 0 Å². The summed E-state index contributed by atoms with van der Waals surface area (Å²) in [7, 11) is -3.74. The fraction of sp³-hybridized carbons (Fsp3) is 0.462. The molecule has 0 unspecified atom stereocenters. The molecule has 2 atom stereocenters. The highest BCUT2D eigenvalue weighted by Crippen LogP contribution is 2.22. The van der Waals surface area contributed by atoms with Crippen molar-refractivity contribution in [2.75, 3.05) is 17.1 Å². The van der Waals surface area contributed by atoms with Crippen molar-refractivity contribution >= 4 is 27.5 Å². The van der Waals surface area contributed by atoms with Gasteiger partial charge in [-0.1, -0.05) is 42.8 Å². The number of carbonyl (C=O) groups is 2. The van der Waals surface area contributed by atoms with Crippen LogP contribution in [0.2, 0.25) is 0 Å². The number of hydrogen-bond donors (Lipinski definition) is 1. The number of rotatable bonds is 10. The number of nitrogens with zero attached hydrogens (tertiary/aromatic N) is 2. The van der Waals surface area contributed by atoms with Crippen molar-refractivity contribution in [1.29, 1.82) is 0 Å². The molecule has 34 heavy (non-hydrogen) atoms. The molecule has 0 saturated heterocycles. The summed E-state index contributed by atoms with van der Waals surface area (Å²) in [5.74, 6) is -0.717. The Bertz CT molecular complexity index is 1110. The first kappa shape index (κ1) is 27.4. The third kappa shape index (κ3) is 7.58. The molecule has 0 heterocycles. The van der Waals surface area contributed by atoms with Gasteiger partial charge in [-0.2, -0.15) is 0 Å². The van der Waals surface area contributed by atoms with E-state index in [4.69, 9.17) is 0 Å². The van der Waals surface area contributed by atoms with E-state index >= 15 is 0 Å². The van der Waals surface area contributed by atoms with Gasteiger partial charge in [-0.3, -0.25) is 13.9 Å². The van der Waals surface area contributed by atoms with Gasteiger partial charge in [-0.05, 0) is 69.9 Å². The number of benzene rings is 2. The van der Waals surface area contributed by atoms with Gasteiger partial charge in [0.15, 0.2) is 0 Å². The SMILES string of the molecule is CC[C@H](C)NC(=O)[C@@H](C)N(Cc1cccc(C)c1)C(=O)CN(c1cc(C)cc(C)c1)S(C)(=O)=O. The Labute approximate surface area is 204 Å². The van der Waals surface area contributed by atoms with Crippen molar-refractivity contribution in [3.8, 4) is 0 Å². The lowest BCUT2D eigenvalue weighted by Crippen LogP contribution is -2.52. The van der Waals surface area contributed by atoms with E-state index in [9.17, 15) is 18.0 Å². The van der Waals surface area contributed by atoms with Crippen LogP contribution >= 0.6 is 0 Å². The molecule has 2 aromatic carbocycles. The van der Waals surface area contributed by atoms with Crippen LogP contribution in [0, 0.1) is 20.8 Å². The summed E-state index contributed by atoms with van der Waals surface area (Å²) in [6.07, 6.45) is 1.85. The molecule has 0 fully saturated rings. The van der Waals surface area contributed by atoms with Crippen LogP contribution in [0.3, 0.4) is 0 Å². The third-order valence-electron chi connectivity index (χ3n) is 5.78. The van der Waals surface area contributed by atoms with E-state index < -0.39 is 28.5 Å². The van der Waals surface area contributed by atoms with Crippen molar-refractivity contribution < 1.29 is 18.0 Å². The first-order valence-corrected chi connectivity index (χ1v) is 13.4. The predicted molar refractivity (Wildman–Crippen MR) is 137 cm³/mol. The Morgan fingerprint density at radius 1 is 0.971 bits per heavy atom. The zero-order valence-corrected chi connectivity index (χ0v) is 22.1. The summed E-state index contributed by atoms with van der Waals surface area (Å²) >= 11 is 0. The van der Waals surface area contributed by atoms with E-state index in [1.165, 1.54) is 4.90 Å². The summed E-state index contributed by atoms with van der Waals surface area (Å²) in [5, 5.41) is 2.93. The number of carbonyl (C=O) groups excluding carboxylic acids is 2. The van der Waals surface area contributed by atoms with Crippen LogP contribution in [0.4, 0.5) is 5.69 Å². The molecule has 0 aliphatic heterocycles. The van der Waals surface area contributed by atoms with Crippen molar-refractivity contribution in [3.63, 3.8) is 0 Å². The van der Waals surface area contributed by atoms with Gasteiger partial charge in [-0.15, -0.1) is 0 Å². The molecule has 1 N–H and O–H groups in total. The summed E-state index contributed by atoms with van der Waals surface area (Å²) in [6, 6.07) is 12.3. The maximum atomic E-state index is 13.6. The summed E-state index contributed by atoms with van der Waals surface area (Å²) in [5.41, 5.74) is 4.13. The fourth-order valence-electron chi connectivity index (χ4n) is 3.76. The van der Waals surface area contributed by atoms with Crippen molar-refractivity contribution in [3.05, 3.63) is 64.7 Å². The largest absolute Gasteiger partial charge is 0.352 e. The van der Waals surface area contributed by atoms with E-state index in [1.54, 1.807) is 19.1 Å². The molecule has 2 aromatic rings. The van der Waals surface area contributed by atoms with Gasteiger partial charge >= 0.3 is 0 Å². The number of aryl methyl sites for hydroxylation is 3. The third-order valence-corrected chi connectivity index (χ3v) is 6.92. The number of sulfonamides is 1. The van der Waals surface area contributed by atoms with Crippen molar-refractivity contribution in [2.45, 2.75) is 66.6 Å². The number of amides is 2. The lowest BCUT2D eigenvalue weighted by atomic mass is 10.1. The molecule has 2 rings (SSSR count). The normalized spacial score (nSPS) is 13.1. The molecule has 2 amide bonds. The van der Waals surface area contributed by atoms with Crippen LogP contribution in [0.1, 0.15) is 49.4 Å². The Kier molecular flexibility index (Phi) is 9.27. The van der Waals surface area contributed by atoms with Crippen LogP contribution in [0.25, 0.3) is 0 Å². The fourth-order valence-corrected chi connectivity index (χ4v) is 4.60. The predicted octanol–water partition coefficient (Wildman–Crippen LogP) is 3.71. The van der Waals surface area contributed by atoms with Crippen LogP contribution in [0.5, 0.6) is 0 Å². The highest BCUT2D eigenvalue weighted by Gasteiger charge is 2.30. The topological polar surface area (TPSA) is 86.8 Å². The Morgan fingerprint density at radius 3 is 2.12 bits per heavy atom. The van der Waals surface area contributed by atoms with Gasteiger partial charge in [0, 0.05) is 12.6 Å². The van der Waals surface area contributed by atoms with E-state index in [-0.39, 0.29) is 18.5 Å². The highest BCUT2D eigenvalue weighted by atomic mass is 32.2. The maximum Gasteiger partial charge on any atom is 0.244 e. The van der Waals surface area contributed by atoms with Crippen LogP contribution < -0.4 is 9.62 Å². The zero-order valence-electron chi connectivity index (χ0n) is 21.3. The average molecular weight is 488 g/mol. The molecule has 0 bridgehead atoms. The van der Waals surface area contributed by atoms with Crippen LogP contribution in [-0.2, 0) is 26.2 Å². The van der Waals surface area contributed by atoms with E-state index in [1.807, 2.05) is 65.0 Å². The molecule has 8 heteroatoms. The average Bonchev–Trinajstić information content (AvgIpc) is 2.73. The van der Waals surface area contributed by atoms with Gasteiger partial charge in [0.1, 0.15) is 12.6 Å².